The molecule has 0 aromatic carbocycles. The highest BCUT2D eigenvalue weighted by atomic mass is 32.1. The number of primary amides is 2. The number of nitrogens with two attached hydrogens (primary N) is 3. The van der Waals surface area contributed by atoms with Gasteiger partial charge in [0.1, 0.15) is 0 Å². The average molecular weight is 284 g/mol. The summed E-state index contributed by atoms with van der Waals surface area (Å²) in [5.41, 5.74) is 17.5. The van der Waals surface area contributed by atoms with Crippen LogP contribution < -0.4 is 17.2 Å². The van der Waals surface area contributed by atoms with E-state index in [0.717, 1.165) is 10.4 Å². The summed E-state index contributed by atoms with van der Waals surface area (Å²) in [5.74, 6) is -1.03. The lowest BCUT2D eigenvalue weighted by Crippen LogP contribution is -2.46. The fourth-order valence-corrected chi connectivity index (χ4v) is 3.25. The van der Waals surface area contributed by atoms with Gasteiger partial charge in [0, 0.05) is 10.9 Å². The normalized spacial score (nSPS) is 14.3. The Balaban J connectivity index is 3.08. The molecule has 0 radical (unpaired) electrons. The van der Waals surface area contributed by atoms with E-state index in [1.807, 2.05) is 25.3 Å². The second-order valence-corrected chi connectivity index (χ2v) is 5.56. The Morgan fingerprint density at radius 1 is 1.32 bits per heavy atom. The molecular formula is C12H20N4O2S. The van der Waals surface area contributed by atoms with Crippen molar-refractivity contribution in [2.75, 3.05) is 13.1 Å². The maximum Gasteiger partial charge on any atom is 0.231 e. The maximum absolute atomic E-state index is 11.2. The molecule has 1 rings (SSSR count). The number of carbonyl (C=O) groups is 2. The molecule has 0 saturated heterocycles. The Kier molecular flexibility index (Phi) is 5.46. The number of carbonyl (C=O) groups excluding carboxylic acids is 2. The first-order valence-corrected chi connectivity index (χ1v) is 6.81. The highest BCUT2D eigenvalue weighted by Gasteiger charge is 2.28. The van der Waals surface area contributed by atoms with Gasteiger partial charge in [-0.2, -0.15) is 0 Å². The fraction of sp³-hybridized carbons (Fsp3) is 0.500. The van der Waals surface area contributed by atoms with Crippen molar-refractivity contribution in [3.63, 3.8) is 0 Å². The summed E-state index contributed by atoms with van der Waals surface area (Å²) in [6.45, 7) is 3.70. The minimum Gasteiger partial charge on any atom is -0.369 e. The van der Waals surface area contributed by atoms with Gasteiger partial charge in [0.15, 0.2) is 0 Å². The van der Waals surface area contributed by atoms with Crippen molar-refractivity contribution in [3.05, 3.63) is 21.9 Å². The van der Waals surface area contributed by atoms with Crippen LogP contribution in [0.2, 0.25) is 0 Å². The van der Waals surface area contributed by atoms with E-state index in [9.17, 15) is 9.59 Å². The number of hydrogen-bond acceptors (Lipinski definition) is 5. The van der Waals surface area contributed by atoms with Crippen molar-refractivity contribution in [2.24, 2.45) is 17.2 Å². The quantitative estimate of drug-likeness (QED) is 0.638. The highest BCUT2D eigenvalue weighted by Crippen LogP contribution is 2.30. The summed E-state index contributed by atoms with van der Waals surface area (Å²) < 4.78 is 0. The molecule has 2 atom stereocenters. The first-order chi connectivity index (χ1) is 8.82. The lowest BCUT2D eigenvalue weighted by Gasteiger charge is -2.32. The van der Waals surface area contributed by atoms with E-state index < -0.39 is 11.8 Å². The van der Waals surface area contributed by atoms with Crippen molar-refractivity contribution >= 4 is 23.2 Å². The zero-order valence-electron chi connectivity index (χ0n) is 11.1. The van der Waals surface area contributed by atoms with E-state index in [2.05, 4.69) is 0 Å². The number of thiophene rings is 1. The van der Waals surface area contributed by atoms with E-state index >= 15 is 0 Å². The van der Waals surface area contributed by atoms with Gasteiger partial charge in [-0.25, -0.2) is 0 Å². The van der Waals surface area contributed by atoms with Crippen molar-refractivity contribution in [1.82, 2.24) is 4.90 Å². The van der Waals surface area contributed by atoms with Gasteiger partial charge in [0.25, 0.3) is 0 Å². The van der Waals surface area contributed by atoms with Gasteiger partial charge >= 0.3 is 0 Å². The number of amides is 2. The maximum atomic E-state index is 11.2. The molecule has 0 bridgehead atoms. The molecule has 0 saturated carbocycles. The first kappa shape index (κ1) is 15.6. The average Bonchev–Trinajstić information content (AvgIpc) is 2.62. The molecule has 6 nitrogen and oxygen atoms in total. The number of nitrogens with zero attached hydrogens (tertiary/aromatic N) is 1. The molecule has 0 fully saturated rings. The lowest BCUT2D eigenvalue weighted by atomic mass is 10.0. The number of hydrogen-bond donors (Lipinski definition) is 3. The monoisotopic (exact) mass is 284 g/mol. The molecule has 1 aromatic heterocycles. The third-order valence-corrected chi connectivity index (χ3v) is 3.87. The van der Waals surface area contributed by atoms with Gasteiger partial charge in [0.05, 0.1) is 19.1 Å². The summed E-state index contributed by atoms with van der Waals surface area (Å²) in [5, 5.41) is 1.95. The van der Waals surface area contributed by atoms with Gasteiger partial charge in [-0.1, -0.05) is 0 Å². The Bertz CT molecular complexity index is 442. The van der Waals surface area contributed by atoms with E-state index in [-0.39, 0.29) is 25.2 Å². The summed E-state index contributed by atoms with van der Waals surface area (Å²) in [6.07, 6.45) is 0. The molecule has 2 amide bonds. The topological polar surface area (TPSA) is 115 Å². The van der Waals surface area contributed by atoms with Crippen LogP contribution in [0.15, 0.2) is 11.4 Å². The van der Waals surface area contributed by atoms with Crippen molar-refractivity contribution in [3.8, 4) is 0 Å². The van der Waals surface area contributed by atoms with Crippen molar-refractivity contribution in [2.45, 2.75) is 25.9 Å². The van der Waals surface area contributed by atoms with Gasteiger partial charge < -0.3 is 17.2 Å². The molecule has 1 aromatic rings. The smallest absolute Gasteiger partial charge is 0.231 e. The highest BCUT2D eigenvalue weighted by molar-refractivity contribution is 7.10. The largest absolute Gasteiger partial charge is 0.369 e. The molecule has 6 N–H and O–H groups in total. The van der Waals surface area contributed by atoms with Crippen molar-refractivity contribution in [1.29, 1.82) is 0 Å². The second kappa shape index (κ2) is 6.65. The molecule has 0 aliphatic rings. The van der Waals surface area contributed by atoms with Crippen LogP contribution in [0.3, 0.4) is 0 Å². The van der Waals surface area contributed by atoms with Crippen LogP contribution in [0, 0.1) is 6.92 Å². The van der Waals surface area contributed by atoms with Crippen LogP contribution in [-0.2, 0) is 9.59 Å². The summed E-state index contributed by atoms with van der Waals surface area (Å²) >= 11 is 1.54. The molecular weight excluding hydrogens is 264 g/mol. The summed E-state index contributed by atoms with van der Waals surface area (Å²) in [4.78, 5) is 25.0. The molecule has 0 aliphatic heterocycles. The first-order valence-electron chi connectivity index (χ1n) is 5.93. The molecule has 2 unspecified atom stereocenters. The zero-order chi connectivity index (χ0) is 14.6. The van der Waals surface area contributed by atoms with Gasteiger partial charge in [-0.05, 0) is 30.9 Å². The third kappa shape index (κ3) is 4.30. The molecule has 19 heavy (non-hydrogen) atoms. The third-order valence-electron chi connectivity index (χ3n) is 2.78. The Morgan fingerprint density at radius 3 is 2.16 bits per heavy atom. The molecule has 0 spiro atoms. The van der Waals surface area contributed by atoms with Crippen LogP contribution in [0.4, 0.5) is 0 Å². The van der Waals surface area contributed by atoms with Crippen molar-refractivity contribution < 1.29 is 9.59 Å². The van der Waals surface area contributed by atoms with Crippen LogP contribution in [0.1, 0.15) is 23.4 Å². The minimum absolute atomic E-state index is 0.0491. The molecule has 7 heteroatoms. The van der Waals surface area contributed by atoms with E-state index in [0.29, 0.717) is 0 Å². The second-order valence-electron chi connectivity index (χ2n) is 4.61. The van der Waals surface area contributed by atoms with Crippen LogP contribution in [0.25, 0.3) is 0 Å². The summed E-state index contributed by atoms with van der Waals surface area (Å²) in [7, 11) is 0. The van der Waals surface area contributed by atoms with Gasteiger partial charge in [-0.15, -0.1) is 11.3 Å². The van der Waals surface area contributed by atoms with E-state index in [1.54, 1.807) is 16.2 Å². The minimum atomic E-state index is -0.513. The Morgan fingerprint density at radius 2 is 1.84 bits per heavy atom. The standard InChI is InChI=1S/C12H20N4O2S/c1-7-3-4-19-12(7)11(8(2)13)16(5-9(14)17)6-10(15)18/h3-4,8,11H,5-6,13H2,1-2H3,(H2,14,17)(H2,15,18). The Hall–Kier alpha value is -1.44. The van der Waals surface area contributed by atoms with Crippen LogP contribution >= 0.6 is 11.3 Å². The molecule has 0 aliphatic carbocycles. The van der Waals surface area contributed by atoms with Gasteiger partial charge in [-0.3, -0.25) is 14.5 Å². The SMILES string of the molecule is Cc1ccsc1C(C(C)N)N(CC(N)=O)CC(N)=O. The summed E-state index contributed by atoms with van der Waals surface area (Å²) in [6, 6.07) is 1.47. The molecule has 106 valence electrons. The number of aryl methyl sites for hydroxylation is 1. The predicted molar refractivity (Wildman–Crippen MR) is 75.4 cm³/mol. The lowest BCUT2D eigenvalue weighted by molar-refractivity contribution is -0.123. The predicted octanol–water partition coefficient (Wildman–Crippen LogP) is -0.283. The fourth-order valence-electron chi connectivity index (χ4n) is 2.08. The Labute approximate surface area is 116 Å². The van der Waals surface area contributed by atoms with E-state index in [4.69, 9.17) is 17.2 Å². The van der Waals surface area contributed by atoms with Crippen LogP contribution in [0.5, 0.6) is 0 Å². The van der Waals surface area contributed by atoms with Gasteiger partial charge in [0.2, 0.25) is 11.8 Å². The van der Waals surface area contributed by atoms with Crippen LogP contribution in [-0.4, -0.2) is 35.8 Å². The van der Waals surface area contributed by atoms with E-state index in [1.165, 1.54) is 0 Å². The zero-order valence-corrected chi connectivity index (χ0v) is 11.9. The molecule has 1 heterocycles. The number of rotatable bonds is 7.